The van der Waals surface area contributed by atoms with Crippen molar-refractivity contribution in [1.29, 1.82) is 0 Å². The van der Waals surface area contributed by atoms with E-state index in [1.165, 1.54) is 17.0 Å². The Morgan fingerprint density at radius 2 is 1.48 bits per heavy atom. The molecule has 0 saturated carbocycles. The maximum Gasteiger partial charge on any atom is 0.264 e. The summed E-state index contributed by atoms with van der Waals surface area (Å²) in [7, 11) is -4.13. The fourth-order valence-corrected chi connectivity index (χ4v) is 6.43. The minimum Gasteiger partial charge on any atom is -0.355 e. The van der Waals surface area contributed by atoms with Gasteiger partial charge in [0.1, 0.15) is 12.6 Å². The van der Waals surface area contributed by atoms with Crippen LogP contribution in [0.25, 0.3) is 0 Å². The number of carbonyl (C=O) groups excluding carboxylic acids is 2. The van der Waals surface area contributed by atoms with Crippen molar-refractivity contribution >= 4 is 43.5 Å². The number of rotatable bonds is 12. The SMILES string of the molecule is CCNC(=O)[C@H](Cc1ccccc1)N(Cc1ccc(C)cc1)C(=O)CN(c1cccc(Br)c1)S(=O)(=O)c1ccccc1. The molecule has 42 heavy (non-hydrogen) atoms. The number of halogens is 1. The van der Waals surface area contributed by atoms with Crippen LogP contribution in [-0.2, 0) is 32.6 Å². The molecule has 2 amide bonds. The van der Waals surface area contributed by atoms with Crippen molar-refractivity contribution in [1.82, 2.24) is 10.2 Å². The standard InChI is InChI=1S/C33H34BrN3O4S/c1-3-35-33(39)31(21-26-11-6-4-7-12-26)36(23-27-19-17-25(2)18-20-27)32(38)24-37(29-14-10-13-28(34)22-29)42(40,41)30-15-8-5-9-16-30/h4-20,22,31H,3,21,23-24H2,1-2H3,(H,35,39)/t31-/m0/s1. The molecular formula is C33H34BrN3O4S. The first-order chi connectivity index (χ1) is 20.2. The highest BCUT2D eigenvalue weighted by atomic mass is 79.9. The van der Waals surface area contributed by atoms with Gasteiger partial charge >= 0.3 is 0 Å². The molecule has 0 aliphatic rings. The van der Waals surface area contributed by atoms with Crippen LogP contribution in [0, 0.1) is 6.92 Å². The van der Waals surface area contributed by atoms with Crippen LogP contribution in [0.5, 0.6) is 0 Å². The van der Waals surface area contributed by atoms with Gasteiger partial charge in [-0.2, -0.15) is 0 Å². The summed E-state index contributed by atoms with van der Waals surface area (Å²) in [5.74, 6) is -0.802. The molecule has 218 valence electrons. The van der Waals surface area contributed by atoms with Crippen LogP contribution in [0.15, 0.2) is 119 Å². The van der Waals surface area contributed by atoms with Gasteiger partial charge in [-0.1, -0.05) is 100 Å². The lowest BCUT2D eigenvalue weighted by molar-refractivity contribution is -0.140. The fraction of sp³-hybridized carbons (Fsp3) is 0.212. The van der Waals surface area contributed by atoms with Gasteiger partial charge in [0.05, 0.1) is 10.6 Å². The zero-order valence-corrected chi connectivity index (χ0v) is 26.0. The van der Waals surface area contributed by atoms with Crippen LogP contribution in [0.2, 0.25) is 0 Å². The Kier molecular flexibility index (Phi) is 10.5. The lowest BCUT2D eigenvalue weighted by atomic mass is 10.0. The number of hydrogen-bond acceptors (Lipinski definition) is 4. The molecular weight excluding hydrogens is 614 g/mol. The Labute approximate surface area is 256 Å². The second kappa shape index (κ2) is 14.3. The van der Waals surface area contributed by atoms with Gasteiger partial charge in [-0.05, 0) is 55.3 Å². The maximum atomic E-state index is 14.3. The van der Waals surface area contributed by atoms with Gasteiger partial charge in [-0.25, -0.2) is 8.42 Å². The molecule has 4 rings (SSSR count). The van der Waals surface area contributed by atoms with E-state index in [9.17, 15) is 18.0 Å². The third-order valence-electron chi connectivity index (χ3n) is 6.80. The van der Waals surface area contributed by atoms with Crippen LogP contribution < -0.4 is 9.62 Å². The molecule has 0 aliphatic heterocycles. The van der Waals surface area contributed by atoms with Crippen molar-refractivity contribution in [2.75, 3.05) is 17.4 Å². The van der Waals surface area contributed by atoms with Crippen LogP contribution in [0.4, 0.5) is 5.69 Å². The highest BCUT2D eigenvalue weighted by molar-refractivity contribution is 9.10. The number of benzene rings is 4. The molecule has 0 spiro atoms. The molecule has 1 atom stereocenters. The number of nitrogens with zero attached hydrogens (tertiary/aromatic N) is 2. The van der Waals surface area contributed by atoms with Crippen LogP contribution in [0.3, 0.4) is 0 Å². The highest BCUT2D eigenvalue weighted by Crippen LogP contribution is 2.27. The molecule has 0 radical (unpaired) electrons. The smallest absolute Gasteiger partial charge is 0.264 e. The molecule has 0 unspecified atom stereocenters. The van der Waals surface area contributed by atoms with Crippen LogP contribution in [0.1, 0.15) is 23.6 Å². The molecule has 4 aromatic rings. The van der Waals surface area contributed by atoms with Gasteiger partial charge in [0.15, 0.2) is 0 Å². The number of likely N-dealkylation sites (N-methyl/N-ethyl adjacent to an activating group) is 1. The normalized spacial score (nSPS) is 11.9. The second-order valence-electron chi connectivity index (χ2n) is 9.91. The summed E-state index contributed by atoms with van der Waals surface area (Å²) in [6.07, 6.45) is 0.270. The lowest BCUT2D eigenvalue weighted by Crippen LogP contribution is -2.53. The largest absolute Gasteiger partial charge is 0.355 e. The number of aryl methyl sites for hydroxylation is 1. The molecule has 1 N–H and O–H groups in total. The summed E-state index contributed by atoms with van der Waals surface area (Å²) in [6, 6.07) is 31.2. The molecule has 0 fully saturated rings. The summed E-state index contributed by atoms with van der Waals surface area (Å²) < 4.78 is 29.7. The number of hydrogen-bond donors (Lipinski definition) is 1. The molecule has 7 nitrogen and oxygen atoms in total. The Balaban J connectivity index is 1.78. The Bertz CT molecular complexity index is 1600. The fourth-order valence-electron chi connectivity index (χ4n) is 4.62. The summed E-state index contributed by atoms with van der Waals surface area (Å²) in [5.41, 5.74) is 3.11. The monoisotopic (exact) mass is 647 g/mol. The number of sulfonamides is 1. The summed E-state index contributed by atoms with van der Waals surface area (Å²) >= 11 is 3.43. The predicted octanol–water partition coefficient (Wildman–Crippen LogP) is 5.73. The topological polar surface area (TPSA) is 86.8 Å². The van der Waals surface area contributed by atoms with Crippen molar-refractivity contribution in [3.8, 4) is 0 Å². The van der Waals surface area contributed by atoms with E-state index < -0.39 is 28.5 Å². The van der Waals surface area contributed by atoms with Crippen molar-refractivity contribution in [2.45, 2.75) is 37.8 Å². The molecule has 0 heterocycles. The van der Waals surface area contributed by atoms with Crippen LogP contribution >= 0.6 is 15.9 Å². The van der Waals surface area contributed by atoms with E-state index >= 15 is 0 Å². The van der Waals surface area contributed by atoms with Crippen molar-refractivity contribution < 1.29 is 18.0 Å². The first kappa shape index (κ1) is 31.0. The lowest BCUT2D eigenvalue weighted by Gasteiger charge is -2.34. The van der Waals surface area contributed by atoms with Gasteiger partial charge in [0, 0.05) is 24.0 Å². The van der Waals surface area contributed by atoms with E-state index in [1.807, 2.05) is 68.4 Å². The van der Waals surface area contributed by atoms with Gasteiger partial charge in [-0.3, -0.25) is 13.9 Å². The first-order valence-corrected chi connectivity index (χ1v) is 15.9. The molecule has 9 heteroatoms. The number of anilines is 1. The molecule has 0 saturated heterocycles. The van der Waals surface area contributed by atoms with E-state index in [0.29, 0.717) is 16.7 Å². The minimum absolute atomic E-state index is 0.0624. The minimum atomic E-state index is -4.13. The van der Waals surface area contributed by atoms with E-state index in [2.05, 4.69) is 21.2 Å². The molecule has 4 aromatic carbocycles. The van der Waals surface area contributed by atoms with E-state index in [4.69, 9.17) is 0 Å². The quantitative estimate of drug-likeness (QED) is 0.213. The highest BCUT2D eigenvalue weighted by Gasteiger charge is 2.34. The number of nitrogens with one attached hydrogen (secondary N) is 1. The third-order valence-corrected chi connectivity index (χ3v) is 9.08. The van der Waals surface area contributed by atoms with Gasteiger partial charge in [-0.15, -0.1) is 0 Å². The number of carbonyl (C=O) groups is 2. The van der Waals surface area contributed by atoms with Gasteiger partial charge < -0.3 is 10.2 Å². The Hall–Kier alpha value is -3.95. The van der Waals surface area contributed by atoms with Crippen molar-refractivity contribution in [3.05, 3.63) is 130 Å². The Morgan fingerprint density at radius 1 is 0.833 bits per heavy atom. The van der Waals surface area contributed by atoms with E-state index in [-0.39, 0.29) is 23.8 Å². The number of amides is 2. The van der Waals surface area contributed by atoms with E-state index in [1.54, 1.807) is 42.5 Å². The van der Waals surface area contributed by atoms with Gasteiger partial charge in [0.2, 0.25) is 11.8 Å². The summed E-state index contributed by atoms with van der Waals surface area (Å²) in [4.78, 5) is 29.4. The molecule has 0 bridgehead atoms. The first-order valence-electron chi connectivity index (χ1n) is 13.7. The maximum absolute atomic E-state index is 14.3. The summed E-state index contributed by atoms with van der Waals surface area (Å²) in [5, 5.41) is 2.87. The average molecular weight is 649 g/mol. The predicted molar refractivity (Wildman–Crippen MR) is 169 cm³/mol. The second-order valence-corrected chi connectivity index (χ2v) is 12.7. The van der Waals surface area contributed by atoms with Crippen LogP contribution in [-0.4, -0.2) is 44.3 Å². The average Bonchev–Trinajstić information content (AvgIpc) is 2.99. The zero-order valence-electron chi connectivity index (χ0n) is 23.6. The Morgan fingerprint density at radius 3 is 2.10 bits per heavy atom. The molecule has 0 aromatic heterocycles. The van der Waals surface area contributed by atoms with E-state index in [0.717, 1.165) is 21.0 Å². The third kappa shape index (κ3) is 7.86. The molecule has 0 aliphatic carbocycles. The summed E-state index contributed by atoms with van der Waals surface area (Å²) in [6.45, 7) is 3.83. The van der Waals surface area contributed by atoms with Crippen molar-refractivity contribution in [3.63, 3.8) is 0 Å². The van der Waals surface area contributed by atoms with Crippen molar-refractivity contribution in [2.24, 2.45) is 0 Å². The van der Waals surface area contributed by atoms with Gasteiger partial charge in [0.25, 0.3) is 10.0 Å². The zero-order chi connectivity index (χ0) is 30.1.